The van der Waals surface area contributed by atoms with Crippen molar-refractivity contribution in [1.82, 2.24) is 5.32 Å². The molecule has 1 heterocycles. The molecule has 2 aromatic rings. The van der Waals surface area contributed by atoms with Crippen molar-refractivity contribution in [2.45, 2.75) is 38.0 Å². The Bertz CT molecular complexity index is 795. The van der Waals surface area contributed by atoms with Crippen molar-refractivity contribution in [2.75, 3.05) is 32.2 Å². The maximum atomic E-state index is 6.23. The second kappa shape index (κ2) is 12.2. The second-order valence-corrected chi connectivity index (χ2v) is 7.59. The van der Waals surface area contributed by atoms with Gasteiger partial charge in [-0.3, -0.25) is 4.99 Å². The van der Waals surface area contributed by atoms with Gasteiger partial charge in [0.05, 0.1) is 13.2 Å². The van der Waals surface area contributed by atoms with Crippen molar-refractivity contribution in [2.24, 2.45) is 10.7 Å². The molecule has 0 aliphatic carbocycles. The third-order valence-electron chi connectivity index (χ3n) is 5.40. The lowest BCUT2D eigenvalue weighted by Crippen LogP contribution is -2.53. The molecule has 3 rings (SSSR count). The molecule has 2 aromatic carbocycles. The van der Waals surface area contributed by atoms with Crippen molar-refractivity contribution in [1.29, 1.82) is 0 Å². The van der Waals surface area contributed by atoms with Crippen LogP contribution in [0, 0.1) is 0 Å². The smallest absolute Gasteiger partial charge is 0.193 e. The third-order valence-corrected chi connectivity index (χ3v) is 5.40. The summed E-state index contributed by atoms with van der Waals surface area (Å²) >= 11 is 0. The molecule has 30 heavy (non-hydrogen) atoms. The van der Waals surface area contributed by atoms with Crippen LogP contribution in [0.15, 0.2) is 59.6 Å². The van der Waals surface area contributed by atoms with Gasteiger partial charge in [0.25, 0.3) is 0 Å². The molecule has 0 bridgehead atoms. The maximum Gasteiger partial charge on any atom is 0.193 e. The number of hydrogen-bond acceptors (Lipinski definition) is 4. The monoisotopic (exact) mass is 524 g/mol. The molecule has 0 aromatic heterocycles. The van der Waals surface area contributed by atoms with Crippen LogP contribution >= 0.6 is 24.0 Å². The molecular weight excluding hydrogens is 491 g/mol. The molecule has 1 aliphatic rings. The minimum Gasteiger partial charge on any atom is -0.381 e. The van der Waals surface area contributed by atoms with E-state index in [0.717, 1.165) is 37.3 Å². The number of methoxy groups -OCH3 is 1. The molecule has 1 fully saturated rings. The van der Waals surface area contributed by atoms with Gasteiger partial charge in [0, 0.05) is 43.2 Å². The summed E-state index contributed by atoms with van der Waals surface area (Å²) in [5.74, 6) is 0.411. The Morgan fingerprint density at radius 2 is 1.80 bits per heavy atom. The summed E-state index contributed by atoms with van der Waals surface area (Å²) in [6, 6.07) is 18.7. The van der Waals surface area contributed by atoms with Gasteiger partial charge < -0.3 is 25.8 Å². The standard InChI is InChI=1S/C23H32N4O2.HI/c1-18(19-8-4-3-5-9-19)27-23(12-14-29-15-13-23)17-25-22(24)26-21-11-7-6-10-20(21)16-28-2;/h3-11,18,27H,12-17H2,1-2H3,(H3,24,25,26);1H. The largest absolute Gasteiger partial charge is 0.381 e. The van der Waals surface area contributed by atoms with Crippen LogP contribution in [-0.2, 0) is 16.1 Å². The highest BCUT2D eigenvalue weighted by Gasteiger charge is 2.33. The Balaban J connectivity index is 0.00000320. The van der Waals surface area contributed by atoms with Gasteiger partial charge >= 0.3 is 0 Å². The molecule has 0 amide bonds. The van der Waals surface area contributed by atoms with Crippen LogP contribution in [0.3, 0.4) is 0 Å². The van der Waals surface area contributed by atoms with Gasteiger partial charge in [0.1, 0.15) is 0 Å². The molecule has 6 nitrogen and oxygen atoms in total. The maximum absolute atomic E-state index is 6.23. The second-order valence-electron chi connectivity index (χ2n) is 7.59. The van der Waals surface area contributed by atoms with Crippen LogP contribution in [0.2, 0.25) is 0 Å². The van der Waals surface area contributed by atoms with Gasteiger partial charge in [0.15, 0.2) is 5.96 Å². The summed E-state index contributed by atoms with van der Waals surface area (Å²) in [6.07, 6.45) is 1.81. The number of rotatable bonds is 8. The van der Waals surface area contributed by atoms with Crippen molar-refractivity contribution in [3.63, 3.8) is 0 Å². The lowest BCUT2D eigenvalue weighted by atomic mass is 9.88. The van der Waals surface area contributed by atoms with Crippen LogP contribution in [-0.4, -0.2) is 38.4 Å². The SMILES string of the molecule is COCc1ccccc1NC(N)=NCC1(NC(C)c2ccccc2)CCOCC1.I. The normalized spacial score (nSPS) is 17.1. The molecule has 164 valence electrons. The zero-order valence-corrected chi connectivity index (χ0v) is 20.1. The fraction of sp³-hybridized carbons (Fsp3) is 0.435. The van der Waals surface area contributed by atoms with E-state index in [1.54, 1.807) is 7.11 Å². The lowest BCUT2D eigenvalue weighted by molar-refractivity contribution is 0.0375. The van der Waals surface area contributed by atoms with Gasteiger partial charge in [-0.1, -0.05) is 48.5 Å². The molecule has 1 saturated heterocycles. The van der Waals surface area contributed by atoms with E-state index in [0.29, 0.717) is 19.1 Å². The predicted octanol–water partition coefficient (Wildman–Crippen LogP) is 4.08. The Hall–Kier alpha value is -1.68. The molecule has 1 unspecified atom stereocenters. The zero-order chi connectivity index (χ0) is 20.5. The van der Waals surface area contributed by atoms with Crippen molar-refractivity contribution in [3.8, 4) is 0 Å². The molecule has 4 N–H and O–H groups in total. The minimum absolute atomic E-state index is 0. The Labute approximate surface area is 196 Å². The van der Waals surface area contributed by atoms with Gasteiger partial charge in [-0.05, 0) is 31.4 Å². The molecule has 0 spiro atoms. The van der Waals surface area contributed by atoms with E-state index in [9.17, 15) is 0 Å². The number of aliphatic imine (C=N–C) groups is 1. The van der Waals surface area contributed by atoms with Crippen LogP contribution in [0.25, 0.3) is 0 Å². The van der Waals surface area contributed by atoms with Gasteiger partial charge in [-0.2, -0.15) is 0 Å². The van der Waals surface area contributed by atoms with E-state index in [-0.39, 0.29) is 35.6 Å². The minimum atomic E-state index is -0.133. The summed E-state index contributed by atoms with van der Waals surface area (Å²) in [5.41, 5.74) is 9.33. The number of halogens is 1. The number of nitrogens with zero attached hydrogens (tertiary/aromatic N) is 1. The number of anilines is 1. The van der Waals surface area contributed by atoms with Crippen LogP contribution < -0.4 is 16.4 Å². The summed E-state index contributed by atoms with van der Waals surface area (Å²) in [4.78, 5) is 4.69. The molecule has 1 atom stereocenters. The van der Waals surface area contributed by atoms with Gasteiger partial charge in [-0.15, -0.1) is 24.0 Å². The molecule has 0 radical (unpaired) electrons. The quantitative estimate of drug-likeness (QED) is 0.276. The summed E-state index contributed by atoms with van der Waals surface area (Å²) < 4.78 is 10.9. The van der Waals surface area contributed by atoms with Crippen LogP contribution in [0.4, 0.5) is 5.69 Å². The number of benzene rings is 2. The molecule has 7 heteroatoms. The highest BCUT2D eigenvalue weighted by molar-refractivity contribution is 14.0. The highest BCUT2D eigenvalue weighted by atomic mass is 127. The molecule has 0 saturated carbocycles. The molecular formula is C23H33IN4O2. The number of para-hydroxylation sites is 1. The van der Waals surface area contributed by atoms with E-state index in [1.165, 1.54) is 5.56 Å². The third kappa shape index (κ3) is 6.94. The first-order valence-electron chi connectivity index (χ1n) is 10.2. The fourth-order valence-electron chi connectivity index (χ4n) is 3.73. The number of guanidine groups is 1. The Kier molecular flexibility index (Phi) is 10.0. The number of hydrogen-bond donors (Lipinski definition) is 3. The van der Waals surface area contributed by atoms with Crippen LogP contribution in [0.1, 0.15) is 36.9 Å². The zero-order valence-electron chi connectivity index (χ0n) is 17.8. The highest BCUT2D eigenvalue weighted by Crippen LogP contribution is 2.26. The molecule has 1 aliphatic heterocycles. The lowest BCUT2D eigenvalue weighted by Gasteiger charge is -2.39. The average Bonchev–Trinajstić information content (AvgIpc) is 2.75. The summed E-state index contributed by atoms with van der Waals surface area (Å²) in [7, 11) is 1.68. The number of ether oxygens (including phenoxy) is 2. The van der Waals surface area contributed by atoms with E-state index in [2.05, 4.69) is 46.8 Å². The first-order valence-corrected chi connectivity index (χ1v) is 10.2. The average molecular weight is 524 g/mol. The van der Waals surface area contributed by atoms with E-state index < -0.39 is 0 Å². The number of nitrogens with one attached hydrogen (secondary N) is 2. The first-order chi connectivity index (χ1) is 14.1. The summed E-state index contributed by atoms with van der Waals surface area (Å²) in [6.45, 7) is 4.77. The van der Waals surface area contributed by atoms with E-state index >= 15 is 0 Å². The van der Waals surface area contributed by atoms with Crippen molar-refractivity contribution in [3.05, 3.63) is 65.7 Å². The predicted molar refractivity (Wildman–Crippen MR) is 133 cm³/mol. The van der Waals surface area contributed by atoms with Gasteiger partial charge in [0.2, 0.25) is 0 Å². The van der Waals surface area contributed by atoms with Gasteiger partial charge in [-0.25, -0.2) is 0 Å². The van der Waals surface area contributed by atoms with E-state index in [4.69, 9.17) is 15.2 Å². The van der Waals surface area contributed by atoms with Crippen molar-refractivity contribution >= 4 is 35.6 Å². The fourth-order valence-corrected chi connectivity index (χ4v) is 3.73. The Morgan fingerprint density at radius 3 is 2.50 bits per heavy atom. The van der Waals surface area contributed by atoms with Crippen molar-refractivity contribution < 1.29 is 9.47 Å². The first kappa shape index (κ1) is 24.6. The topological polar surface area (TPSA) is 80.9 Å². The van der Waals surface area contributed by atoms with E-state index in [1.807, 2.05) is 30.3 Å². The van der Waals surface area contributed by atoms with Crippen LogP contribution in [0.5, 0.6) is 0 Å². The Morgan fingerprint density at radius 1 is 1.13 bits per heavy atom. The number of nitrogens with two attached hydrogens (primary N) is 1. The summed E-state index contributed by atoms with van der Waals surface area (Å²) in [5, 5.41) is 7.03.